The van der Waals surface area contributed by atoms with Crippen LogP contribution in [0.2, 0.25) is 0 Å². The van der Waals surface area contributed by atoms with Gasteiger partial charge in [-0.2, -0.15) is 0 Å². The zero-order chi connectivity index (χ0) is 24.5. The van der Waals surface area contributed by atoms with Crippen LogP contribution in [0.4, 0.5) is 13.6 Å². The third kappa shape index (κ3) is 7.48. The number of carbonyl (C=O) groups is 2. The first kappa shape index (κ1) is 26.2. The molecule has 0 radical (unpaired) electrons. The summed E-state index contributed by atoms with van der Waals surface area (Å²) in [4.78, 5) is 24.3. The quantitative estimate of drug-likeness (QED) is 0.396. The van der Waals surface area contributed by atoms with Crippen molar-refractivity contribution in [2.24, 2.45) is 0 Å². The van der Waals surface area contributed by atoms with Crippen molar-refractivity contribution in [1.82, 2.24) is 14.7 Å². The molecule has 2 N–H and O–H groups in total. The van der Waals surface area contributed by atoms with Gasteiger partial charge in [0.05, 0.1) is 18.0 Å². The minimum Gasteiger partial charge on any atom is -0.451 e. The summed E-state index contributed by atoms with van der Waals surface area (Å²) in [6.45, 7) is 2.94. The van der Waals surface area contributed by atoms with Crippen molar-refractivity contribution >= 4 is 23.0 Å². The Morgan fingerprint density at radius 3 is 2.27 bits per heavy atom. The van der Waals surface area contributed by atoms with Crippen molar-refractivity contribution in [3.8, 4) is 11.5 Å². The zero-order valence-electron chi connectivity index (χ0n) is 18.3. The van der Waals surface area contributed by atoms with E-state index in [1.54, 1.807) is 31.2 Å². The predicted molar refractivity (Wildman–Crippen MR) is 115 cm³/mol. The number of rotatable bonds is 10. The molecule has 0 aliphatic carbocycles. The second-order valence-corrected chi connectivity index (χ2v) is 8.39. The summed E-state index contributed by atoms with van der Waals surface area (Å²) >= 11 is 0. The van der Waals surface area contributed by atoms with E-state index in [4.69, 9.17) is 14.7 Å². The van der Waals surface area contributed by atoms with Crippen molar-refractivity contribution in [2.75, 3.05) is 33.3 Å². The van der Waals surface area contributed by atoms with Crippen molar-refractivity contribution < 1.29 is 37.3 Å². The molecule has 2 aromatic carbocycles. The third-order valence-electron chi connectivity index (χ3n) is 4.36. The summed E-state index contributed by atoms with van der Waals surface area (Å²) in [6.07, 6.45) is -0.635. The molecule has 33 heavy (non-hydrogen) atoms. The Bertz CT molecular complexity index is 983. The number of ether oxygens (including phenoxy) is 2. The Morgan fingerprint density at radius 1 is 1.12 bits per heavy atom. The summed E-state index contributed by atoms with van der Waals surface area (Å²) in [6, 6.07) is 8.20. The van der Waals surface area contributed by atoms with Gasteiger partial charge in [0.25, 0.3) is 5.91 Å². The summed E-state index contributed by atoms with van der Waals surface area (Å²) < 4.78 is 53.4. The van der Waals surface area contributed by atoms with Crippen LogP contribution in [0.3, 0.4) is 0 Å². The SMILES string of the molecule is CCOC(=O)N(C)CCN(CC(=O)NO)S(=O)c1cc(F)c(Oc2ccc(C)cc2)c(F)c1. The lowest BCUT2D eigenvalue weighted by atomic mass is 10.2. The molecule has 0 heterocycles. The molecule has 2 amide bonds. The van der Waals surface area contributed by atoms with E-state index in [1.165, 1.54) is 17.4 Å². The van der Waals surface area contributed by atoms with Gasteiger partial charge in [-0.05, 0) is 38.1 Å². The van der Waals surface area contributed by atoms with Crippen LogP contribution in [-0.2, 0) is 20.5 Å². The smallest absolute Gasteiger partial charge is 0.409 e. The zero-order valence-corrected chi connectivity index (χ0v) is 19.2. The van der Waals surface area contributed by atoms with Gasteiger partial charge in [-0.15, -0.1) is 0 Å². The summed E-state index contributed by atoms with van der Waals surface area (Å²) in [5, 5.41) is 8.81. The monoisotopic (exact) mass is 485 g/mol. The first-order chi connectivity index (χ1) is 15.7. The number of nitrogens with one attached hydrogen (secondary N) is 1. The predicted octanol–water partition coefficient (Wildman–Crippen LogP) is 2.98. The topological polar surface area (TPSA) is 108 Å². The molecule has 1 unspecified atom stereocenters. The number of halogens is 2. The van der Waals surface area contributed by atoms with E-state index in [9.17, 15) is 22.6 Å². The fourth-order valence-corrected chi connectivity index (χ4v) is 3.80. The van der Waals surface area contributed by atoms with Gasteiger partial charge in [-0.1, -0.05) is 17.7 Å². The number of benzene rings is 2. The van der Waals surface area contributed by atoms with Crippen LogP contribution in [0.25, 0.3) is 0 Å². The molecule has 0 aliphatic heterocycles. The first-order valence-corrected chi connectivity index (χ1v) is 11.0. The third-order valence-corrected chi connectivity index (χ3v) is 5.78. The van der Waals surface area contributed by atoms with E-state index < -0.39 is 46.9 Å². The molecule has 180 valence electrons. The Morgan fingerprint density at radius 2 is 1.73 bits per heavy atom. The van der Waals surface area contributed by atoms with E-state index in [1.807, 2.05) is 6.92 Å². The van der Waals surface area contributed by atoms with Crippen molar-refractivity contribution in [1.29, 1.82) is 0 Å². The molecule has 2 aromatic rings. The average molecular weight is 486 g/mol. The largest absolute Gasteiger partial charge is 0.451 e. The van der Waals surface area contributed by atoms with Crippen molar-refractivity contribution in [3.05, 3.63) is 53.6 Å². The van der Waals surface area contributed by atoms with Crippen LogP contribution in [0.15, 0.2) is 41.3 Å². The number of amides is 2. The lowest BCUT2D eigenvalue weighted by Crippen LogP contribution is -2.42. The maximum Gasteiger partial charge on any atom is 0.409 e. The average Bonchev–Trinajstić information content (AvgIpc) is 2.79. The molecule has 0 fully saturated rings. The normalized spacial score (nSPS) is 11.7. The van der Waals surface area contributed by atoms with Gasteiger partial charge in [0, 0.05) is 20.1 Å². The number of carbonyl (C=O) groups excluding carboxylic acids is 2. The second kappa shape index (κ2) is 12.2. The maximum absolute atomic E-state index is 14.6. The molecule has 0 aliphatic rings. The highest BCUT2D eigenvalue weighted by Gasteiger charge is 2.24. The summed E-state index contributed by atoms with van der Waals surface area (Å²) in [5.41, 5.74) is 2.35. The van der Waals surface area contributed by atoms with Crippen LogP contribution >= 0.6 is 0 Å². The molecule has 0 saturated heterocycles. The molecule has 9 nitrogen and oxygen atoms in total. The van der Waals surface area contributed by atoms with Crippen LogP contribution in [0.1, 0.15) is 12.5 Å². The lowest BCUT2D eigenvalue weighted by Gasteiger charge is -2.23. The highest BCUT2D eigenvalue weighted by molar-refractivity contribution is 7.82. The number of aryl methyl sites for hydroxylation is 1. The van der Waals surface area contributed by atoms with Crippen LogP contribution in [0.5, 0.6) is 11.5 Å². The van der Waals surface area contributed by atoms with Crippen LogP contribution in [-0.4, -0.2) is 63.9 Å². The number of hydrogen-bond acceptors (Lipinski definition) is 6. The van der Waals surface area contributed by atoms with E-state index >= 15 is 0 Å². The molecule has 12 heteroatoms. The summed E-state index contributed by atoms with van der Waals surface area (Å²) in [7, 11) is -0.776. The standard InChI is InChI=1S/C21H25F2N3O6S/c1-4-31-21(28)25(3)9-10-26(13-19(27)24-29)33(30)16-11-17(22)20(18(23)12-16)32-15-7-5-14(2)6-8-15/h5-8,11-12,29H,4,9-10,13H2,1-3H3,(H,24,27). The molecule has 0 spiro atoms. The van der Waals surface area contributed by atoms with E-state index in [2.05, 4.69) is 0 Å². The molecule has 0 saturated carbocycles. The number of hydrogen-bond donors (Lipinski definition) is 2. The maximum atomic E-state index is 14.6. The van der Waals surface area contributed by atoms with Gasteiger partial charge < -0.3 is 14.4 Å². The highest BCUT2D eigenvalue weighted by Crippen LogP contribution is 2.30. The number of likely N-dealkylation sites (N-methyl/N-ethyl adjacent to an activating group) is 1. The van der Waals surface area contributed by atoms with Gasteiger partial charge in [0.1, 0.15) is 16.7 Å². The number of hydroxylamine groups is 1. The number of nitrogens with zero attached hydrogens (tertiary/aromatic N) is 2. The molecule has 0 aromatic heterocycles. The Kier molecular flexibility index (Phi) is 9.70. The van der Waals surface area contributed by atoms with Gasteiger partial charge in [-0.3, -0.25) is 10.0 Å². The highest BCUT2D eigenvalue weighted by atomic mass is 32.2. The molecular weight excluding hydrogens is 460 g/mol. The van der Waals surface area contributed by atoms with Crippen LogP contribution < -0.4 is 10.2 Å². The fraction of sp³-hybridized carbons (Fsp3) is 0.333. The summed E-state index contributed by atoms with van der Waals surface area (Å²) in [5.74, 6) is -3.53. The first-order valence-electron chi connectivity index (χ1n) is 9.87. The van der Waals surface area contributed by atoms with E-state index in [0.717, 1.165) is 22.0 Å². The van der Waals surface area contributed by atoms with E-state index in [0.29, 0.717) is 0 Å². The van der Waals surface area contributed by atoms with Gasteiger partial charge >= 0.3 is 6.09 Å². The minimum absolute atomic E-state index is 0.0110. The molecule has 2 rings (SSSR count). The molecule has 0 bridgehead atoms. The second-order valence-electron chi connectivity index (χ2n) is 6.90. The molecule has 1 atom stereocenters. The van der Waals surface area contributed by atoms with Gasteiger partial charge in [0.15, 0.2) is 17.4 Å². The molecular formula is C21H25F2N3O6S. The minimum atomic E-state index is -2.21. The Balaban J connectivity index is 2.22. The van der Waals surface area contributed by atoms with Crippen LogP contribution in [0, 0.1) is 18.6 Å². The Hall–Kier alpha value is -3.09. The van der Waals surface area contributed by atoms with Crippen molar-refractivity contribution in [2.45, 2.75) is 18.7 Å². The Labute approximate surface area is 192 Å². The van der Waals surface area contributed by atoms with Crippen molar-refractivity contribution in [3.63, 3.8) is 0 Å². The van der Waals surface area contributed by atoms with Gasteiger partial charge in [0.2, 0.25) is 0 Å². The fourth-order valence-electron chi connectivity index (χ4n) is 2.61. The van der Waals surface area contributed by atoms with Gasteiger partial charge in [-0.25, -0.2) is 27.6 Å². The lowest BCUT2D eigenvalue weighted by molar-refractivity contribution is -0.129. The van der Waals surface area contributed by atoms with E-state index in [-0.39, 0.29) is 30.3 Å².